The lowest BCUT2D eigenvalue weighted by atomic mass is 10.3. The van der Waals surface area contributed by atoms with Crippen molar-refractivity contribution in [3.63, 3.8) is 0 Å². The van der Waals surface area contributed by atoms with E-state index in [1.165, 1.54) is 6.33 Å². The smallest absolute Gasteiger partial charge is 0.138 e. The summed E-state index contributed by atoms with van der Waals surface area (Å²) in [7, 11) is 0. The molecule has 0 saturated carbocycles. The van der Waals surface area contributed by atoms with Crippen LogP contribution in [0.25, 0.3) is 5.69 Å². The number of hydrogen-bond acceptors (Lipinski definition) is 3. The molecule has 0 amide bonds. The first-order valence-electron chi connectivity index (χ1n) is 3.61. The molecule has 1 N–H and O–H groups in total. The van der Waals surface area contributed by atoms with Gasteiger partial charge in [-0.15, -0.1) is 0 Å². The number of hydrogen-bond donors (Lipinski definition) is 1. The van der Waals surface area contributed by atoms with Crippen LogP contribution in [0.3, 0.4) is 0 Å². The third kappa shape index (κ3) is 1.55. The van der Waals surface area contributed by atoms with Crippen molar-refractivity contribution in [2.24, 2.45) is 0 Å². The normalized spacial score (nSPS) is 10.2. The van der Waals surface area contributed by atoms with Gasteiger partial charge in [-0.05, 0) is 28.1 Å². The van der Waals surface area contributed by atoms with Crippen LogP contribution in [0.1, 0.15) is 0 Å². The van der Waals surface area contributed by atoms with E-state index in [-0.39, 0.29) is 5.75 Å². The van der Waals surface area contributed by atoms with Crippen molar-refractivity contribution in [2.75, 3.05) is 0 Å². The number of halogens is 1. The third-order valence-electron chi connectivity index (χ3n) is 1.61. The van der Waals surface area contributed by atoms with Gasteiger partial charge in [0.05, 0.1) is 10.2 Å². The van der Waals surface area contributed by atoms with Gasteiger partial charge in [-0.1, -0.05) is 0 Å². The maximum absolute atomic E-state index is 9.39. The molecule has 4 nitrogen and oxygen atoms in total. The van der Waals surface area contributed by atoms with Gasteiger partial charge in [-0.3, -0.25) is 0 Å². The van der Waals surface area contributed by atoms with Gasteiger partial charge >= 0.3 is 0 Å². The van der Waals surface area contributed by atoms with E-state index in [9.17, 15) is 5.11 Å². The minimum Gasteiger partial charge on any atom is -0.507 e. The number of nitrogens with zero attached hydrogens (tertiary/aromatic N) is 3. The Morgan fingerprint density at radius 3 is 2.85 bits per heavy atom. The van der Waals surface area contributed by atoms with Crippen molar-refractivity contribution < 1.29 is 5.11 Å². The lowest BCUT2D eigenvalue weighted by Gasteiger charge is -2.01. The largest absolute Gasteiger partial charge is 0.507 e. The van der Waals surface area contributed by atoms with Gasteiger partial charge in [0.1, 0.15) is 18.4 Å². The summed E-state index contributed by atoms with van der Waals surface area (Å²) in [6.45, 7) is 0. The lowest BCUT2D eigenvalue weighted by molar-refractivity contribution is 0.471. The third-order valence-corrected chi connectivity index (χ3v) is 2.28. The Kier molecular flexibility index (Phi) is 2.02. The van der Waals surface area contributed by atoms with E-state index in [2.05, 4.69) is 26.0 Å². The van der Waals surface area contributed by atoms with Crippen molar-refractivity contribution in [1.82, 2.24) is 14.8 Å². The molecule has 0 aliphatic heterocycles. The Balaban J connectivity index is 2.49. The summed E-state index contributed by atoms with van der Waals surface area (Å²) >= 11 is 3.20. The number of aromatic nitrogens is 3. The van der Waals surface area contributed by atoms with Crippen LogP contribution in [-0.2, 0) is 0 Å². The quantitative estimate of drug-likeness (QED) is 0.825. The number of aromatic hydroxyl groups is 1. The molecule has 0 aliphatic rings. The zero-order valence-electron chi connectivity index (χ0n) is 6.55. The highest BCUT2D eigenvalue weighted by Crippen LogP contribution is 2.25. The summed E-state index contributed by atoms with van der Waals surface area (Å²) in [6.07, 6.45) is 3.02. The lowest BCUT2D eigenvalue weighted by Crippen LogP contribution is -1.93. The molecule has 0 atom stereocenters. The summed E-state index contributed by atoms with van der Waals surface area (Å²) in [6, 6.07) is 5.20. The minimum absolute atomic E-state index is 0.188. The Labute approximate surface area is 83.0 Å². The van der Waals surface area contributed by atoms with Crippen molar-refractivity contribution in [3.05, 3.63) is 35.3 Å². The highest BCUT2D eigenvalue weighted by molar-refractivity contribution is 9.10. The zero-order valence-corrected chi connectivity index (χ0v) is 8.14. The average molecular weight is 240 g/mol. The molecule has 2 rings (SSSR count). The Bertz CT molecular complexity index is 413. The predicted molar refractivity (Wildman–Crippen MR) is 50.7 cm³/mol. The fraction of sp³-hybridized carbons (Fsp3) is 0. The molecule has 0 aliphatic carbocycles. The summed E-state index contributed by atoms with van der Waals surface area (Å²) in [5, 5.41) is 13.3. The summed E-state index contributed by atoms with van der Waals surface area (Å²) in [5.41, 5.74) is 0.776. The van der Waals surface area contributed by atoms with E-state index in [0.29, 0.717) is 4.47 Å². The van der Waals surface area contributed by atoms with Crippen molar-refractivity contribution in [2.45, 2.75) is 0 Å². The maximum atomic E-state index is 9.39. The first-order chi connectivity index (χ1) is 6.27. The van der Waals surface area contributed by atoms with E-state index >= 15 is 0 Å². The minimum atomic E-state index is 0.188. The SMILES string of the molecule is Oc1cc(-n2cncn2)ccc1Br. The molecule has 1 aromatic carbocycles. The summed E-state index contributed by atoms with van der Waals surface area (Å²) in [5.74, 6) is 0.188. The second-order valence-electron chi connectivity index (χ2n) is 2.48. The first kappa shape index (κ1) is 8.25. The van der Waals surface area contributed by atoms with Crippen LogP contribution in [0.5, 0.6) is 5.75 Å². The molecule has 0 saturated heterocycles. The van der Waals surface area contributed by atoms with Crippen LogP contribution >= 0.6 is 15.9 Å². The van der Waals surface area contributed by atoms with Gasteiger partial charge in [-0.25, -0.2) is 9.67 Å². The van der Waals surface area contributed by atoms with Gasteiger partial charge in [0.15, 0.2) is 0 Å². The Hall–Kier alpha value is -1.36. The number of phenols is 1. The Morgan fingerprint density at radius 2 is 2.23 bits per heavy atom. The van der Waals surface area contributed by atoms with E-state index < -0.39 is 0 Å². The number of phenolic OH excluding ortho intramolecular Hbond substituents is 1. The van der Waals surface area contributed by atoms with Crippen molar-refractivity contribution in [3.8, 4) is 11.4 Å². The fourth-order valence-corrected chi connectivity index (χ4v) is 1.23. The monoisotopic (exact) mass is 239 g/mol. The molecule has 0 fully saturated rings. The van der Waals surface area contributed by atoms with Crippen LogP contribution in [0, 0.1) is 0 Å². The van der Waals surface area contributed by atoms with Crippen LogP contribution in [0.4, 0.5) is 0 Å². The molecular weight excluding hydrogens is 234 g/mol. The Morgan fingerprint density at radius 1 is 1.38 bits per heavy atom. The molecule has 0 unspecified atom stereocenters. The molecule has 66 valence electrons. The molecule has 0 bridgehead atoms. The van der Waals surface area contributed by atoms with Crippen LogP contribution < -0.4 is 0 Å². The molecule has 13 heavy (non-hydrogen) atoms. The van der Waals surface area contributed by atoms with Crippen molar-refractivity contribution >= 4 is 15.9 Å². The maximum Gasteiger partial charge on any atom is 0.138 e. The van der Waals surface area contributed by atoms with Crippen LogP contribution in [0.2, 0.25) is 0 Å². The van der Waals surface area contributed by atoms with Gasteiger partial charge in [-0.2, -0.15) is 5.10 Å². The van der Waals surface area contributed by atoms with E-state index in [0.717, 1.165) is 5.69 Å². The number of rotatable bonds is 1. The zero-order chi connectivity index (χ0) is 9.26. The van der Waals surface area contributed by atoms with Gasteiger partial charge < -0.3 is 5.11 Å². The average Bonchev–Trinajstić information content (AvgIpc) is 2.62. The predicted octanol–water partition coefficient (Wildman–Crippen LogP) is 1.74. The highest BCUT2D eigenvalue weighted by atomic mass is 79.9. The first-order valence-corrected chi connectivity index (χ1v) is 4.40. The molecule has 5 heteroatoms. The topological polar surface area (TPSA) is 50.9 Å². The molecule has 1 heterocycles. The van der Waals surface area contributed by atoms with E-state index in [4.69, 9.17) is 0 Å². The molecule has 0 radical (unpaired) electrons. The standard InChI is InChI=1S/C8H6BrN3O/c9-7-2-1-6(3-8(7)13)12-5-10-4-11-12/h1-5,13H. The summed E-state index contributed by atoms with van der Waals surface area (Å²) in [4.78, 5) is 3.81. The van der Waals surface area contributed by atoms with Gasteiger partial charge in [0, 0.05) is 6.07 Å². The van der Waals surface area contributed by atoms with E-state index in [1.54, 1.807) is 23.1 Å². The van der Waals surface area contributed by atoms with Gasteiger partial charge in [0.25, 0.3) is 0 Å². The highest BCUT2D eigenvalue weighted by Gasteiger charge is 2.01. The second-order valence-corrected chi connectivity index (χ2v) is 3.33. The molecule has 2 aromatic rings. The summed E-state index contributed by atoms with van der Waals surface area (Å²) < 4.78 is 2.24. The molecular formula is C8H6BrN3O. The second kappa shape index (κ2) is 3.18. The fourth-order valence-electron chi connectivity index (χ4n) is 0.985. The van der Waals surface area contributed by atoms with Crippen LogP contribution in [0.15, 0.2) is 35.3 Å². The number of benzene rings is 1. The van der Waals surface area contributed by atoms with Gasteiger partial charge in [0.2, 0.25) is 0 Å². The molecule has 0 spiro atoms. The van der Waals surface area contributed by atoms with Crippen LogP contribution in [-0.4, -0.2) is 19.9 Å². The van der Waals surface area contributed by atoms with Crippen molar-refractivity contribution in [1.29, 1.82) is 0 Å². The van der Waals surface area contributed by atoms with E-state index in [1.807, 2.05) is 6.07 Å². The molecule has 1 aromatic heterocycles.